The van der Waals surface area contributed by atoms with E-state index in [9.17, 15) is 5.11 Å². The summed E-state index contributed by atoms with van der Waals surface area (Å²) in [5, 5.41) is 15.1. The Kier molecular flexibility index (Phi) is 13.2. The minimum atomic E-state index is -3.23. The van der Waals surface area contributed by atoms with Crippen molar-refractivity contribution in [2.75, 3.05) is 7.11 Å². The van der Waals surface area contributed by atoms with Gasteiger partial charge in [0.15, 0.2) is 0 Å². The van der Waals surface area contributed by atoms with Crippen molar-refractivity contribution in [1.29, 1.82) is 0 Å². The van der Waals surface area contributed by atoms with Gasteiger partial charge in [-0.2, -0.15) is 0 Å². The molecule has 0 aromatic heterocycles. The van der Waals surface area contributed by atoms with Crippen LogP contribution in [0.5, 0.6) is 17.2 Å². The fraction of sp³-hybridized carbons (Fsp3) is 0.259. The topological polar surface area (TPSA) is 75.6 Å². The molecule has 0 spiro atoms. The van der Waals surface area contributed by atoms with Crippen molar-refractivity contribution in [2.45, 2.75) is 83.1 Å². The van der Waals surface area contributed by atoms with Gasteiger partial charge in [-0.1, -0.05) is 178 Å². The van der Waals surface area contributed by atoms with Gasteiger partial charge in [-0.15, -0.1) is 0 Å². The molecule has 0 aliphatic carbocycles. The van der Waals surface area contributed by atoms with Gasteiger partial charge in [-0.3, -0.25) is 0 Å². The van der Waals surface area contributed by atoms with E-state index in [1.807, 2.05) is 78.9 Å². The Morgan fingerprint density at radius 2 is 1.00 bits per heavy atom. The molecule has 1 aliphatic rings. The van der Waals surface area contributed by atoms with Crippen molar-refractivity contribution in [2.24, 2.45) is 0 Å². The maximum Gasteiger partial charge on any atom is 0.261 e. The van der Waals surface area contributed by atoms with Crippen molar-refractivity contribution in [1.82, 2.24) is 0 Å². The second-order valence-electron chi connectivity index (χ2n) is 17.0. The van der Waals surface area contributed by atoms with Crippen LogP contribution >= 0.6 is 0 Å². The van der Waals surface area contributed by atoms with Crippen LogP contribution in [0.4, 0.5) is 0 Å². The zero-order valence-corrected chi connectivity index (χ0v) is 37.1. The second-order valence-corrected chi connectivity index (χ2v) is 21.2. The Bertz CT molecular complexity index is 2460. The molecule has 0 bridgehead atoms. The Balaban J connectivity index is 1.32. The maximum atomic E-state index is 11.9. The molecule has 7 aromatic rings. The number of hydrogen-bond donors (Lipinski definition) is 1. The van der Waals surface area contributed by atoms with Crippen LogP contribution in [-0.2, 0) is 38.5 Å². The molecular formula is C54H56O7Si. The number of benzene rings is 7. The highest BCUT2D eigenvalue weighted by molar-refractivity contribution is 6.99. The van der Waals surface area contributed by atoms with Crippen molar-refractivity contribution in [3.63, 3.8) is 0 Å². The van der Waals surface area contributed by atoms with E-state index in [4.69, 9.17) is 28.1 Å². The normalized spacial score (nSPS) is 19.3. The van der Waals surface area contributed by atoms with Gasteiger partial charge in [0.1, 0.15) is 48.3 Å². The molecule has 1 aliphatic heterocycles. The Labute approximate surface area is 366 Å². The molecule has 1 fully saturated rings. The van der Waals surface area contributed by atoms with Crippen LogP contribution < -0.4 is 19.8 Å². The number of methoxy groups -OCH3 is 1. The predicted octanol–water partition coefficient (Wildman–Crippen LogP) is 10.7. The largest absolute Gasteiger partial charge is 0.507 e. The van der Waals surface area contributed by atoms with Crippen molar-refractivity contribution in [3.05, 3.63) is 198 Å². The molecule has 8 rings (SSSR count). The van der Waals surface area contributed by atoms with E-state index < -0.39 is 38.8 Å². The van der Waals surface area contributed by atoms with Gasteiger partial charge in [-0.25, -0.2) is 0 Å². The van der Waals surface area contributed by atoms with E-state index in [2.05, 4.69) is 113 Å². The first kappa shape index (κ1) is 42.9. The number of ether oxygens (including phenoxy) is 5. The molecular weight excluding hydrogens is 789 g/mol. The van der Waals surface area contributed by atoms with Gasteiger partial charge in [0, 0.05) is 5.39 Å². The quantitative estimate of drug-likeness (QED) is 0.103. The summed E-state index contributed by atoms with van der Waals surface area (Å²) in [7, 11) is -1.60. The van der Waals surface area contributed by atoms with Crippen LogP contribution in [0.25, 0.3) is 10.8 Å². The number of hydrogen-bond acceptors (Lipinski definition) is 7. The lowest BCUT2D eigenvalue weighted by Crippen LogP contribution is -2.71. The monoisotopic (exact) mass is 844 g/mol. The van der Waals surface area contributed by atoms with Crippen molar-refractivity contribution < 1.29 is 33.2 Å². The molecule has 7 aromatic carbocycles. The SMILES string of the molecule is COc1ccc(O)c2c([C@H]3O[C@@H](C)[C@@H](OCc4ccccc4)[C@H](O[Si](c4ccccc4)(c4ccccc4)C(C)(C)C)[C@@H]3OCc3ccccc3)ccc(OCc3ccccc3)c12. The third kappa shape index (κ3) is 8.93. The molecule has 62 heavy (non-hydrogen) atoms. The van der Waals surface area contributed by atoms with E-state index in [-0.39, 0.29) is 17.4 Å². The first-order valence-corrected chi connectivity index (χ1v) is 23.3. The van der Waals surface area contributed by atoms with E-state index in [0.29, 0.717) is 35.5 Å². The van der Waals surface area contributed by atoms with Gasteiger partial charge in [0.25, 0.3) is 8.32 Å². The number of rotatable bonds is 15. The standard InChI is InChI=1S/C54H56O7Si/c1-38-50(58-36-40-23-13-7-14-24-40)53(61-62(54(2,3)4,42-27-17-9-18-28-42)43-29-19-10-20-30-43)52(59-37-41-25-15-8-16-26-41)51(60-38)44-31-33-47(57-35-39-21-11-6-12-22-39)49-46(56-5)34-32-45(55)48(44)49/h6-34,38,50-53,55H,35-37H2,1-5H3/t38-,50+,51+,52+,53-/m0/s1. The van der Waals surface area contributed by atoms with Gasteiger partial charge < -0.3 is 33.2 Å². The molecule has 0 amide bonds. The lowest BCUT2D eigenvalue weighted by molar-refractivity contribution is -0.245. The molecule has 5 atom stereocenters. The fourth-order valence-electron chi connectivity index (χ4n) is 8.94. The molecule has 1 N–H and O–H groups in total. The Hall–Kier alpha value is -5.74. The lowest BCUT2D eigenvalue weighted by Gasteiger charge is -2.52. The highest BCUT2D eigenvalue weighted by Gasteiger charge is 2.57. The van der Waals surface area contributed by atoms with E-state index in [0.717, 1.165) is 32.6 Å². The average molecular weight is 845 g/mol. The zero-order chi connectivity index (χ0) is 43.1. The molecule has 0 radical (unpaired) electrons. The van der Waals surface area contributed by atoms with Gasteiger partial charge in [0.05, 0.1) is 31.8 Å². The van der Waals surface area contributed by atoms with Crippen LogP contribution in [0.15, 0.2) is 176 Å². The van der Waals surface area contributed by atoms with Crippen LogP contribution in [-0.4, -0.2) is 44.9 Å². The molecule has 1 heterocycles. The van der Waals surface area contributed by atoms with Gasteiger partial charge >= 0.3 is 0 Å². The Morgan fingerprint density at radius 1 is 0.532 bits per heavy atom. The zero-order valence-electron chi connectivity index (χ0n) is 36.1. The van der Waals surface area contributed by atoms with Crippen LogP contribution in [0.1, 0.15) is 56.1 Å². The summed E-state index contributed by atoms with van der Waals surface area (Å²) in [5.41, 5.74) is 3.80. The van der Waals surface area contributed by atoms with E-state index in [1.54, 1.807) is 19.2 Å². The third-order valence-electron chi connectivity index (χ3n) is 11.9. The summed E-state index contributed by atoms with van der Waals surface area (Å²) in [6.07, 6.45) is -3.13. The summed E-state index contributed by atoms with van der Waals surface area (Å²) in [4.78, 5) is 0. The molecule has 0 unspecified atom stereocenters. The number of phenols is 1. The van der Waals surface area contributed by atoms with Crippen LogP contribution in [0, 0.1) is 0 Å². The molecule has 8 heteroatoms. The summed E-state index contributed by atoms with van der Waals surface area (Å²) < 4.78 is 42.1. The van der Waals surface area contributed by atoms with Crippen LogP contribution in [0.2, 0.25) is 5.04 Å². The fourth-order valence-corrected chi connectivity index (χ4v) is 13.6. The van der Waals surface area contributed by atoms with Gasteiger partial charge in [0.2, 0.25) is 0 Å². The first-order valence-electron chi connectivity index (χ1n) is 21.4. The summed E-state index contributed by atoms with van der Waals surface area (Å²) >= 11 is 0. The molecule has 318 valence electrons. The van der Waals surface area contributed by atoms with Gasteiger partial charge in [-0.05, 0) is 62.8 Å². The minimum Gasteiger partial charge on any atom is -0.507 e. The predicted molar refractivity (Wildman–Crippen MR) is 249 cm³/mol. The number of phenolic OH excluding ortho intramolecular Hbond substituents is 1. The van der Waals surface area contributed by atoms with Crippen molar-refractivity contribution >= 4 is 29.5 Å². The van der Waals surface area contributed by atoms with E-state index in [1.165, 1.54) is 0 Å². The first-order chi connectivity index (χ1) is 30.2. The summed E-state index contributed by atoms with van der Waals surface area (Å²) in [6, 6.07) is 59.1. The summed E-state index contributed by atoms with van der Waals surface area (Å²) in [6.45, 7) is 9.88. The number of aromatic hydroxyl groups is 1. The highest BCUT2D eigenvalue weighted by Crippen LogP contribution is 2.49. The minimum absolute atomic E-state index is 0.0749. The van der Waals surface area contributed by atoms with Crippen LogP contribution in [0.3, 0.4) is 0 Å². The molecule has 7 nitrogen and oxygen atoms in total. The lowest BCUT2D eigenvalue weighted by atomic mass is 9.88. The molecule has 0 saturated carbocycles. The van der Waals surface area contributed by atoms with Crippen molar-refractivity contribution in [3.8, 4) is 17.2 Å². The maximum absolute atomic E-state index is 11.9. The molecule has 1 saturated heterocycles. The third-order valence-corrected chi connectivity index (χ3v) is 17.0. The average Bonchev–Trinajstić information content (AvgIpc) is 3.30. The van der Waals surface area contributed by atoms with E-state index >= 15 is 0 Å². The summed E-state index contributed by atoms with van der Waals surface area (Å²) in [5.74, 6) is 1.22. The highest BCUT2D eigenvalue weighted by atomic mass is 28.4. The smallest absolute Gasteiger partial charge is 0.261 e. The second kappa shape index (κ2) is 19.1. The number of fused-ring (bicyclic) bond motifs is 1. The Morgan fingerprint density at radius 3 is 1.50 bits per heavy atom.